The van der Waals surface area contributed by atoms with Gasteiger partial charge >= 0.3 is 6.36 Å². The fraction of sp³-hybridized carbons (Fsp3) is 0.250. The second kappa shape index (κ2) is 12.8. The van der Waals surface area contributed by atoms with Crippen molar-refractivity contribution in [1.29, 1.82) is 0 Å². The van der Waals surface area contributed by atoms with E-state index in [-0.39, 0.29) is 35.8 Å². The minimum Gasteiger partial charge on any atom is -0.503 e. The number of carbonyl (C=O) groups excluding carboxylic acids is 1. The first-order chi connectivity index (χ1) is 18.6. The van der Waals surface area contributed by atoms with Crippen LogP contribution in [0.3, 0.4) is 0 Å². The Morgan fingerprint density at radius 2 is 1.49 bits per heavy atom. The number of alkyl halides is 3. The summed E-state index contributed by atoms with van der Waals surface area (Å²) in [6.07, 6.45) is -1.27. The van der Waals surface area contributed by atoms with Crippen molar-refractivity contribution in [2.24, 2.45) is 0 Å². The molecule has 0 spiro atoms. The highest BCUT2D eigenvalue weighted by Crippen LogP contribution is 2.40. The van der Waals surface area contributed by atoms with E-state index < -0.39 is 12.1 Å². The normalized spacial score (nSPS) is 11.3. The van der Waals surface area contributed by atoms with Gasteiger partial charge in [-0.1, -0.05) is 12.2 Å². The van der Waals surface area contributed by atoms with Crippen LogP contribution in [-0.4, -0.2) is 52.2 Å². The van der Waals surface area contributed by atoms with E-state index in [1.165, 1.54) is 40.6 Å². The fourth-order valence-electron chi connectivity index (χ4n) is 3.75. The lowest BCUT2D eigenvalue weighted by atomic mass is 10.1. The molecule has 0 saturated carbocycles. The number of anilines is 1. The Balaban J connectivity index is 1.78. The molecule has 0 heterocycles. The molecule has 0 aliphatic rings. The van der Waals surface area contributed by atoms with Gasteiger partial charge in [0.2, 0.25) is 5.75 Å². The molecule has 0 radical (unpaired) electrons. The first-order valence-corrected chi connectivity index (χ1v) is 11.6. The number of rotatable bonds is 12. The standard InChI is InChI=1S/C28H28F3NO7/c1-35-22-12-9-19(6-5-17-15-23(36-2)27(38-4)24(16-17)37-3)25(26(22)34)32-14-13-21(33)18-7-10-20(11-8-18)39-28(29,30)31/h5-12,15-16,32,34H,13-14H2,1-4H3/b6-5-. The Labute approximate surface area is 223 Å². The van der Waals surface area contributed by atoms with Gasteiger partial charge in [0.25, 0.3) is 0 Å². The highest BCUT2D eigenvalue weighted by Gasteiger charge is 2.31. The second-order valence-electron chi connectivity index (χ2n) is 8.04. The summed E-state index contributed by atoms with van der Waals surface area (Å²) in [4.78, 5) is 12.6. The number of hydrogen-bond donors (Lipinski definition) is 2. The molecule has 0 saturated heterocycles. The van der Waals surface area contributed by atoms with Gasteiger partial charge < -0.3 is 34.1 Å². The Hall–Kier alpha value is -4.54. The maximum absolute atomic E-state index is 12.6. The Bertz CT molecular complexity index is 1300. The molecule has 208 valence electrons. The van der Waals surface area contributed by atoms with Crippen LogP contribution in [0.15, 0.2) is 48.5 Å². The number of hydrogen-bond acceptors (Lipinski definition) is 8. The summed E-state index contributed by atoms with van der Waals surface area (Å²) in [5, 5.41) is 13.8. The number of benzene rings is 3. The summed E-state index contributed by atoms with van der Waals surface area (Å²) in [6, 6.07) is 11.5. The number of nitrogens with one attached hydrogen (secondary N) is 1. The summed E-state index contributed by atoms with van der Waals surface area (Å²) >= 11 is 0. The second-order valence-corrected chi connectivity index (χ2v) is 8.04. The highest BCUT2D eigenvalue weighted by molar-refractivity contribution is 5.96. The van der Waals surface area contributed by atoms with Gasteiger partial charge in [-0.25, -0.2) is 0 Å². The number of aromatic hydroxyl groups is 1. The SMILES string of the molecule is COc1ccc(/C=C\c2cc(OC)c(OC)c(OC)c2)c(NCCC(=O)c2ccc(OC(F)(F)F)cc2)c1O. The summed E-state index contributed by atoms with van der Waals surface area (Å²) in [6.45, 7) is 0.130. The van der Waals surface area contributed by atoms with E-state index in [4.69, 9.17) is 18.9 Å². The molecule has 2 N–H and O–H groups in total. The molecule has 0 amide bonds. The summed E-state index contributed by atoms with van der Waals surface area (Å²) in [5.41, 5.74) is 1.89. The molecule has 3 aromatic carbocycles. The van der Waals surface area contributed by atoms with Gasteiger partial charge in [0.1, 0.15) is 5.75 Å². The van der Waals surface area contributed by atoms with Crippen molar-refractivity contribution in [2.75, 3.05) is 40.3 Å². The van der Waals surface area contributed by atoms with Crippen LogP contribution in [-0.2, 0) is 0 Å². The molecule has 3 aromatic rings. The molecule has 0 aliphatic carbocycles. The molecule has 0 atom stereocenters. The molecule has 3 rings (SSSR count). The number of carbonyl (C=O) groups is 1. The lowest BCUT2D eigenvalue weighted by Crippen LogP contribution is -2.17. The van der Waals surface area contributed by atoms with Crippen molar-refractivity contribution in [3.05, 3.63) is 65.2 Å². The van der Waals surface area contributed by atoms with E-state index in [0.717, 1.165) is 17.7 Å². The molecule has 0 aromatic heterocycles. The molecule has 0 aliphatic heterocycles. The molecule has 39 heavy (non-hydrogen) atoms. The number of methoxy groups -OCH3 is 4. The van der Waals surface area contributed by atoms with Crippen molar-refractivity contribution in [3.63, 3.8) is 0 Å². The van der Waals surface area contributed by atoms with E-state index in [9.17, 15) is 23.1 Å². The first-order valence-electron chi connectivity index (χ1n) is 11.6. The molecule has 0 bridgehead atoms. The molecular weight excluding hydrogens is 519 g/mol. The van der Waals surface area contributed by atoms with E-state index >= 15 is 0 Å². The summed E-state index contributed by atoms with van der Waals surface area (Å²) in [7, 11) is 5.95. The average Bonchev–Trinajstić information content (AvgIpc) is 2.91. The molecule has 0 unspecified atom stereocenters. The van der Waals surface area contributed by atoms with Gasteiger partial charge in [0, 0.05) is 24.1 Å². The largest absolute Gasteiger partial charge is 0.573 e. The third-order valence-electron chi connectivity index (χ3n) is 5.60. The zero-order valence-corrected chi connectivity index (χ0v) is 21.7. The topological polar surface area (TPSA) is 95.5 Å². The third-order valence-corrected chi connectivity index (χ3v) is 5.60. The third kappa shape index (κ3) is 7.50. The molecular formula is C28H28F3NO7. The van der Waals surface area contributed by atoms with E-state index in [0.29, 0.717) is 28.5 Å². The Morgan fingerprint density at radius 3 is 2.03 bits per heavy atom. The fourth-order valence-corrected chi connectivity index (χ4v) is 3.75. The van der Waals surface area contributed by atoms with Crippen molar-refractivity contribution in [2.45, 2.75) is 12.8 Å². The number of ether oxygens (including phenoxy) is 5. The van der Waals surface area contributed by atoms with Gasteiger partial charge in [0.05, 0.1) is 34.1 Å². The van der Waals surface area contributed by atoms with E-state index in [1.54, 1.807) is 36.4 Å². The Morgan fingerprint density at radius 1 is 0.872 bits per heavy atom. The van der Waals surface area contributed by atoms with Crippen LogP contribution in [0.25, 0.3) is 12.2 Å². The monoisotopic (exact) mass is 547 g/mol. The predicted molar refractivity (Wildman–Crippen MR) is 140 cm³/mol. The van der Waals surface area contributed by atoms with E-state index in [2.05, 4.69) is 10.1 Å². The number of ketones is 1. The number of phenolic OH excluding ortho intramolecular Hbond substituents is 1. The van der Waals surface area contributed by atoms with Gasteiger partial charge in [-0.15, -0.1) is 13.2 Å². The maximum atomic E-state index is 12.6. The number of phenols is 1. The van der Waals surface area contributed by atoms with Crippen LogP contribution in [0.4, 0.5) is 18.9 Å². The van der Waals surface area contributed by atoms with Crippen molar-refractivity contribution in [1.82, 2.24) is 0 Å². The van der Waals surface area contributed by atoms with Gasteiger partial charge in [-0.3, -0.25) is 4.79 Å². The predicted octanol–water partition coefficient (Wildman–Crippen LogP) is 6.18. The molecule has 8 nitrogen and oxygen atoms in total. The Kier molecular flexibility index (Phi) is 9.53. The van der Waals surface area contributed by atoms with Crippen molar-refractivity contribution >= 4 is 23.6 Å². The van der Waals surface area contributed by atoms with Crippen LogP contribution >= 0.6 is 0 Å². The lowest BCUT2D eigenvalue weighted by Gasteiger charge is -2.15. The van der Waals surface area contributed by atoms with Crippen LogP contribution < -0.4 is 29.0 Å². The smallest absolute Gasteiger partial charge is 0.503 e. The van der Waals surface area contributed by atoms with Crippen molar-refractivity contribution < 1.29 is 46.8 Å². The average molecular weight is 548 g/mol. The summed E-state index contributed by atoms with van der Waals surface area (Å²) in [5.74, 6) is 0.765. The molecule has 11 heteroatoms. The maximum Gasteiger partial charge on any atom is 0.573 e. The zero-order valence-electron chi connectivity index (χ0n) is 21.7. The van der Waals surface area contributed by atoms with Gasteiger partial charge in [-0.05, 0) is 54.1 Å². The minimum absolute atomic E-state index is 0.00611. The van der Waals surface area contributed by atoms with Crippen LogP contribution in [0.2, 0.25) is 0 Å². The van der Waals surface area contributed by atoms with Crippen molar-refractivity contribution in [3.8, 4) is 34.5 Å². The highest BCUT2D eigenvalue weighted by atomic mass is 19.4. The summed E-state index contributed by atoms with van der Waals surface area (Å²) < 4.78 is 62.2. The van der Waals surface area contributed by atoms with Crippen LogP contribution in [0.1, 0.15) is 27.9 Å². The zero-order chi connectivity index (χ0) is 28.6. The van der Waals surface area contributed by atoms with Gasteiger partial charge in [0.15, 0.2) is 28.8 Å². The number of Topliss-reactive ketones (excluding diaryl/α,β-unsaturated/α-hetero) is 1. The van der Waals surface area contributed by atoms with Gasteiger partial charge in [-0.2, -0.15) is 0 Å². The lowest BCUT2D eigenvalue weighted by molar-refractivity contribution is -0.274. The number of halogens is 3. The quantitative estimate of drug-likeness (QED) is 0.158. The molecule has 0 fully saturated rings. The van der Waals surface area contributed by atoms with Crippen LogP contribution in [0.5, 0.6) is 34.5 Å². The minimum atomic E-state index is -4.81. The van der Waals surface area contributed by atoms with Crippen LogP contribution in [0, 0.1) is 0 Å². The van der Waals surface area contributed by atoms with E-state index in [1.807, 2.05) is 0 Å². The first kappa shape index (κ1) is 29.0.